The number of carbonyl (C=O) groups is 1. The monoisotopic (exact) mass is 433 g/mol. The molecular formula is C18H18Cl3NOS2. The van der Waals surface area contributed by atoms with Gasteiger partial charge in [0.05, 0.1) is 5.25 Å². The van der Waals surface area contributed by atoms with Gasteiger partial charge in [-0.2, -0.15) is 11.8 Å². The zero-order chi connectivity index (χ0) is 18.2. The standard InChI is InChI=1S/C18H18Cl3NOS2/c1-12(25-14-7-5-13(19)6-8-14)18(23)22-9-10-24-11-15-16(20)3-2-4-17(15)21/h2-8,12H,9-11H2,1H3,(H,22,23). The van der Waals surface area contributed by atoms with E-state index in [4.69, 9.17) is 34.8 Å². The summed E-state index contributed by atoms with van der Waals surface area (Å²) in [6.07, 6.45) is 0. The van der Waals surface area contributed by atoms with Crippen LogP contribution in [-0.2, 0) is 10.5 Å². The second-order valence-corrected chi connectivity index (χ2v) is 9.03. The van der Waals surface area contributed by atoms with Gasteiger partial charge in [-0.1, -0.05) is 40.9 Å². The Morgan fingerprint density at radius 1 is 1.08 bits per heavy atom. The second-order valence-electron chi connectivity index (χ2n) is 5.26. The highest BCUT2D eigenvalue weighted by Crippen LogP contribution is 2.28. The van der Waals surface area contributed by atoms with Crippen LogP contribution in [0.1, 0.15) is 12.5 Å². The molecule has 0 saturated carbocycles. The average molecular weight is 435 g/mol. The molecule has 1 amide bonds. The van der Waals surface area contributed by atoms with Crippen LogP contribution >= 0.6 is 58.3 Å². The maximum atomic E-state index is 12.1. The molecule has 1 unspecified atom stereocenters. The van der Waals surface area contributed by atoms with Crippen LogP contribution in [0.25, 0.3) is 0 Å². The topological polar surface area (TPSA) is 29.1 Å². The van der Waals surface area contributed by atoms with E-state index in [9.17, 15) is 4.79 Å². The normalized spacial score (nSPS) is 12.0. The maximum absolute atomic E-state index is 12.1. The molecule has 2 aromatic carbocycles. The van der Waals surface area contributed by atoms with E-state index in [1.807, 2.05) is 49.4 Å². The highest BCUT2D eigenvalue weighted by atomic mass is 35.5. The summed E-state index contributed by atoms with van der Waals surface area (Å²) in [5.41, 5.74) is 0.939. The number of amides is 1. The molecule has 0 radical (unpaired) electrons. The van der Waals surface area contributed by atoms with Crippen molar-refractivity contribution in [2.24, 2.45) is 0 Å². The van der Waals surface area contributed by atoms with E-state index in [0.29, 0.717) is 21.6 Å². The van der Waals surface area contributed by atoms with Crippen LogP contribution < -0.4 is 5.32 Å². The van der Waals surface area contributed by atoms with Crippen LogP contribution in [0.3, 0.4) is 0 Å². The Balaban J connectivity index is 1.68. The molecule has 0 aliphatic heterocycles. The van der Waals surface area contributed by atoms with Crippen LogP contribution in [0.4, 0.5) is 0 Å². The summed E-state index contributed by atoms with van der Waals surface area (Å²) < 4.78 is 0. The van der Waals surface area contributed by atoms with Crippen molar-refractivity contribution >= 4 is 64.2 Å². The number of nitrogens with one attached hydrogen (secondary N) is 1. The number of halogens is 3. The molecule has 0 aliphatic rings. The number of hydrogen-bond acceptors (Lipinski definition) is 3. The Morgan fingerprint density at radius 3 is 2.36 bits per heavy atom. The number of carbonyl (C=O) groups excluding carboxylic acids is 1. The van der Waals surface area contributed by atoms with Gasteiger partial charge in [0.15, 0.2) is 0 Å². The minimum Gasteiger partial charge on any atom is -0.354 e. The predicted octanol–water partition coefficient (Wildman–Crippen LogP) is 6.18. The van der Waals surface area contributed by atoms with Gasteiger partial charge in [-0.05, 0) is 48.9 Å². The van der Waals surface area contributed by atoms with Crippen LogP contribution in [0.2, 0.25) is 15.1 Å². The fraction of sp³-hybridized carbons (Fsp3) is 0.278. The third kappa shape index (κ3) is 6.95. The van der Waals surface area contributed by atoms with E-state index in [0.717, 1.165) is 22.0 Å². The maximum Gasteiger partial charge on any atom is 0.233 e. The van der Waals surface area contributed by atoms with Gasteiger partial charge in [0.1, 0.15) is 0 Å². The molecule has 2 rings (SSSR count). The Bertz CT molecular complexity index is 690. The second kappa shape index (κ2) is 10.6. The summed E-state index contributed by atoms with van der Waals surface area (Å²) >= 11 is 21.4. The Labute approximate surface area is 172 Å². The molecule has 0 fully saturated rings. The summed E-state index contributed by atoms with van der Waals surface area (Å²) in [6.45, 7) is 2.50. The summed E-state index contributed by atoms with van der Waals surface area (Å²) in [5.74, 6) is 1.55. The van der Waals surface area contributed by atoms with E-state index in [1.54, 1.807) is 11.8 Å². The van der Waals surface area contributed by atoms with Crippen molar-refractivity contribution in [2.45, 2.75) is 22.8 Å². The highest BCUT2D eigenvalue weighted by Gasteiger charge is 2.13. The van der Waals surface area contributed by atoms with Crippen molar-refractivity contribution in [3.63, 3.8) is 0 Å². The van der Waals surface area contributed by atoms with Crippen LogP contribution in [-0.4, -0.2) is 23.5 Å². The Morgan fingerprint density at radius 2 is 1.72 bits per heavy atom. The first-order valence-corrected chi connectivity index (χ1v) is 10.8. The third-order valence-electron chi connectivity index (χ3n) is 3.35. The molecule has 0 spiro atoms. The van der Waals surface area contributed by atoms with E-state index >= 15 is 0 Å². The minimum atomic E-state index is -0.163. The molecule has 0 bridgehead atoms. The van der Waals surface area contributed by atoms with Crippen molar-refractivity contribution in [3.05, 3.63) is 63.1 Å². The van der Waals surface area contributed by atoms with Gasteiger partial charge in [-0.15, -0.1) is 11.8 Å². The smallest absolute Gasteiger partial charge is 0.233 e. The lowest BCUT2D eigenvalue weighted by atomic mass is 10.2. The largest absolute Gasteiger partial charge is 0.354 e. The minimum absolute atomic E-state index is 0.0244. The fourth-order valence-corrected chi connectivity index (χ4v) is 4.62. The van der Waals surface area contributed by atoms with E-state index in [-0.39, 0.29) is 11.2 Å². The molecule has 134 valence electrons. The van der Waals surface area contributed by atoms with E-state index in [1.165, 1.54) is 11.8 Å². The molecule has 1 N–H and O–H groups in total. The molecule has 1 atom stereocenters. The molecule has 0 saturated heterocycles. The van der Waals surface area contributed by atoms with Crippen molar-refractivity contribution in [1.29, 1.82) is 0 Å². The molecule has 2 nitrogen and oxygen atoms in total. The van der Waals surface area contributed by atoms with Gasteiger partial charge < -0.3 is 5.32 Å². The zero-order valence-corrected chi connectivity index (χ0v) is 17.5. The quantitative estimate of drug-likeness (QED) is 0.397. The first kappa shape index (κ1) is 20.8. The number of rotatable bonds is 8. The molecule has 0 aromatic heterocycles. The molecule has 7 heteroatoms. The van der Waals surface area contributed by atoms with Crippen LogP contribution in [0.15, 0.2) is 47.4 Å². The number of thioether (sulfide) groups is 2. The fourth-order valence-electron chi connectivity index (χ4n) is 2.01. The molecule has 0 heterocycles. The van der Waals surface area contributed by atoms with Gasteiger partial charge in [0.2, 0.25) is 5.91 Å². The predicted molar refractivity (Wildman–Crippen MR) is 112 cm³/mol. The lowest BCUT2D eigenvalue weighted by molar-refractivity contribution is -0.120. The van der Waals surface area contributed by atoms with Crippen molar-refractivity contribution in [3.8, 4) is 0 Å². The van der Waals surface area contributed by atoms with Crippen molar-refractivity contribution in [1.82, 2.24) is 5.32 Å². The number of benzene rings is 2. The number of hydrogen-bond donors (Lipinski definition) is 1. The summed E-state index contributed by atoms with van der Waals surface area (Å²) in [4.78, 5) is 13.2. The summed E-state index contributed by atoms with van der Waals surface area (Å²) in [5, 5.41) is 4.84. The van der Waals surface area contributed by atoms with Gasteiger partial charge in [-0.3, -0.25) is 4.79 Å². The van der Waals surface area contributed by atoms with E-state index in [2.05, 4.69) is 5.32 Å². The Kier molecular flexibility index (Phi) is 8.80. The average Bonchev–Trinajstić information content (AvgIpc) is 2.58. The zero-order valence-electron chi connectivity index (χ0n) is 13.6. The molecule has 0 aliphatic carbocycles. The van der Waals surface area contributed by atoms with Crippen molar-refractivity contribution in [2.75, 3.05) is 12.3 Å². The van der Waals surface area contributed by atoms with Crippen LogP contribution in [0.5, 0.6) is 0 Å². The molecular weight excluding hydrogens is 417 g/mol. The lowest BCUT2D eigenvalue weighted by Gasteiger charge is -2.12. The SMILES string of the molecule is CC(Sc1ccc(Cl)cc1)C(=O)NCCSCc1c(Cl)cccc1Cl. The molecule has 25 heavy (non-hydrogen) atoms. The van der Waals surface area contributed by atoms with Crippen molar-refractivity contribution < 1.29 is 4.79 Å². The van der Waals surface area contributed by atoms with Gasteiger partial charge in [-0.25, -0.2) is 0 Å². The third-order valence-corrected chi connectivity index (χ3v) is 6.41. The highest BCUT2D eigenvalue weighted by molar-refractivity contribution is 8.00. The van der Waals surface area contributed by atoms with Gasteiger partial charge in [0.25, 0.3) is 0 Å². The Hall–Kier alpha value is -0.520. The van der Waals surface area contributed by atoms with Gasteiger partial charge in [0, 0.05) is 38.0 Å². The first-order chi connectivity index (χ1) is 12.0. The van der Waals surface area contributed by atoms with Gasteiger partial charge >= 0.3 is 0 Å². The summed E-state index contributed by atoms with van der Waals surface area (Å²) in [6, 6.07) is 13.0. The molecule has 2 aromatic rings. The first-order valence-electron chi connectivity index (χ1n) is 7.68. The van der Waals surface area contributed by atoms with E-state index < -0.39 is 0 Å². The lowest BCUT2D eigenvalue weighted by Crippen LogP contribution is -2.32. The van der Waals surface area contributed by atoms with Crippen LogP contribution in [0, 0.1) is 0 Å². The summed E-state index contributed by atoms with van der Waals surface area (Å²) in [7, 11) is 0.